The van der Waals surface area contributed by atoms with Crippen molar-refractivity contribution in [1.29, 1.82) is 0 Å². The normalized spacial score (nSPS) is 12.4. The van der Waals surface area contributed by atoms with Crippen molar-refractivity contribution in [3.8, 4) is 22.4 Å². The summed E-state index contributed by atoms with van der Waals surface area (Å²) in [6.07, 6.45) is -1.15. The van der Waals surface area contributed by atoms with Crippen molar-refractivity contribution in [2.45, 2.75) is 19.1 Å². The van der Waals surface area contributed by atoms with Crippen LogP contribution in [0.1, 0.15) is 6.92 Å². The third kappa shape index (κ3) is 5.89. The van der Waals surface area contributed by atoms with Crippen molar-refractivity contribution < 1.29 is 26.0 Å². The lowest BCUT2D eigenvalue weighted by molar-refractivity contribution is -0.146. The zero-order valence-corrected chi connectivity index (χ0v) is 17.5. The molecule has 0 radical (unpaired) electrons. The van der Waals surface area contributed by atoms with Gasteiger partial charge in [-0.2, -0.15) is 13.2 Å². The smallest absolute Gasteiger partial charge is 0.345 e. The first-order valence-corrected chi connectivity index (χ1v) is 10.5. The Bertz CT molecular complexity index is 1270. The van der Waals surface area contributed by atoms with Gasteiger partial charge in [0.15, 0.2) is 5.65 Å². The van der Waals surface area contributed by atoms with Crippen LogP contribution in [0.3, 0.4) is 0 Å². The highest BCUT2D eigenvalue weighted by Crippen LogP contribution is 2.27. The summed E-state index contributed by atoms with van der Waals surface area (Å²) in [4.78, 5) is 11.7. The molecule has 1 unspecified atom stereocenters. The van der Waals surface area contributed by atoms with Gasteiger partial charge in [0, 0.05) is 11.8 Å². The lowest BCUT2D eigenvalue weighted by Gasteiger charge is -2.12. The Balaban J connectivity index is 0.000000247. The fourth-order valence-corrected chi connectivity index (χ4v) is 3.19. The van der Waals surface area contributed by atoms with Gasteiger partial charge in [-0.05, 0) is 36.2 Å². The molecule has 0 fully saturated rings. The second-order valence-electron chi connectivity index (χ2n) is 6.68. The number of nitrogens with zero attached hydrogens (tertiary/aromatic N) is 2. The van der Waals surface area contributed by atoms with Crippen LogP contribution in [-0.4, -0.2) is 35.6 Å². The maximum Gasteiger partial charge on any atom is 0.404 e. The predicted octanol–water partition coefficient (Wildman–Crippen LogP) is 4.48. The molecule has 11 heteroatoms. The number of aromatic amines is 1. The van der Waals surface area contributed by atoms with Gasteiger partial charge in [0.1, 0.15) is 17.4 Å². The van der Waals surface area contributed by atoms with Gasteiger partial charge in [-0.15, -0.1) is 0 Å². The highest BCUT2D eigenvalue weighted by Gasteiger charge is 2.36. The lowest BCUT2D eigenvalue weighted by atomic mass is 10.0. The van der Waals surface area contributed by atoms with Gasteiger partial charge in [0.05, 0.1) is 11.9 Å². The van der Waals surface area contributed by atoms with Crippen LogP contribution >= 0.6 is 0 Å². The van der Waals surface area contributed by atoms with Crippen molar-refractivity contribution in [3.63, 3.8) is 0 Å². The van der Waals surface area contributed by atoms with Crippen LogP contribution in [0.4, 0.5) is 17.6 Å². The number of thiol groups is 1. The SMILES string of the molecule is CC(N[SH](=O)=O)C(F)(F)F.Fc1cc(-c2ccccc2)ccc1-c1cnc2[nH]ccc2n1. The van der Waals surface area contributed by atoms with E-state index >= 15 is 0 Å². The van der Waals surface area contributed by atoms with E-state index in [0.717, 1.165) is 23.6 Å². The third-order valence-corrected chi connectivity index (χ3v) is 5.00. The van der Waals surface area contributed by atoms with Gasteiger partial charge in [-0.1, -0.05) is 36.4 Å². The van der Waals surface area contributed by atoms with Gasteiger partial charge < -0.3 is 4.98 Å². The topological polar surface area (TPSA) is 87.7 Å². The Morgan fingerprint density at radius 3 is 2.34 bits per heavy atom. The highest BCUT2D eigenvalue weighted by atomic mass is 32.2. The third-order valence-electron chi connectivity index (χ3n) is 4.40. The fraction of sp³-hybridized carbons (Fsp3) is 0.143. The molecule has 168 valence electrons. The summed E-state index contributed by atoms with van der Waals surface area (Å²) >= 11 is 0. The first kappa shape index (κ1) is 23.4. The number of rotatable bonds is 4. The number of alkyl halides is 3. The van der Waals surface area contributed by atoms with Crippen LogP contribution in [0, 0.1) is 5.82 Å². The van der Waals surface area contributed by atoms with E-state index in [1.165, 1.54) is 10.8 Å². The summed E-state index contributed by atoms with van der Waals surface area (Å²) < 4.78 is 69.6. The molecule has 2 N–H and O–H groups in total. The summed E-state index contributed by atoms with van der Waals surface area (Å²) in [6, 6.07) is 14.7. The largest absolute Gasteiger partial charge is 0.404 e. The fourth-order valence-electron chi connectivity index (χ4n) is 2.72. The van der Waals surface area contributed by atoms with E-state index in [1.807, 2.05) is 42.5 Å². The molecule has 4 aromatic rings. The molecule has 2 aromatic carbocycles. The van der Waals surface area contributed by atoms with Gasteiger partial charge in [0.25, 0.3) is 0 Å². The number of fused-ring (bicyclic) bond motifs is 1. The van der Waals surface area contributed by atoms with Crippen molar-refractivity contribution in [3.05, 3.63) is 72.8 Å². The van der Waals surface area contributed by atoms with Gasteiger partial charge in [-0.3, -0.25) is 0 Å². The molecule has 0 saturated carbocycles. The van der Waals surface area contributed by atoms with Crippen molar-refractivity contribution in [2.24, 2.45) is 0 Å². The molecule has 0 spiro atoms. The molecular weight excluding hydrogens is 448 g/mol. The Morgan fingerprint density at radius 2 is 1.75 bits per heavy atom. The Kier molecular flexibility index (Phi) is 7.21. The molecule has 0 aliphatic heterocycles. The molecule has 0 bridgehead atoms. The molecule has 6 nitrogen and oxygen atoms in total. The summed E-state index contributed by atoms with van der Waals surface area (Å²) in [5.74, 6) is -0.300. The van der Waals surface area contributed by atoms with E-state index in [1.54, 1.807) is 18.5 Å². The molecule has 0 aliphatic carbocycles. The van der Waals surface area contributed by atoms with Crippen molar-refractivity contribution >= 4 is 22.1 Å². The molecule has 0 amide bonds. The van der Waals surface area contributed by atoms with Gasteiger partial charge >= 0.3 is 6.18 Å². The van der Waals surface area contributed by atoms with Crippen LogP contribution in [0.15, 0.2) is 67.0 Å². The second kappa shape index (κ2) is 9.88. The van der Waals surface area contributed by atoms with E-state index in [0.29, 0.717) is 16.9 Å². The summed E-state index contributed by atoms with van der Waals surface area (Å²) in [5, 5.41) is 0. The number of hydrogen-bond donors (Lipinski definition) is 3. The first-order valence-electron chi connectivity index (χ1n) is 9.28. The van der Waals surface area contributed by atoms with Gasteiger partial charge in [0.2, 0.25) is 10.9 Å². The molecule has 2 aromatic heterocycles. The molecule has 32 heavy (non-hydrogen) atoms. The van der Waals surface area contributed by atoms with E-state index in [2.05, 4.69) is 15.0 Å². The average molecular weight is 466 g/mol. The number of nitrogens with one attached hydrogen (secondary N) is 2. The Labute approximate surface area is 182 Å². The number of benzene rings is 2. The zero-order chi connectivity index (χ0) is 23.3. The minimum atomic E-state index is -4.50. The minimum absolute atomic E-state index is 0.300. The molecule has 2 heterocycles. The lowest BCUT2D eigenvalue weighted by Crippen LogP contribution is -2.38. The van der Waals surface area contributed by atoms with Crippen LogP contribution in [0.2, 0.25) is 0 Å². The summed E-state index contributed by atoms with van der Waals surface area (Å²) in [7, 11) is -3.17. The average Bonchev–Trinajstić information content (AvgIpc) is 3.21. The molecule has 0 aliphatic rings. The molecule has 4 rings (SSSR count). The van der Waals surface area contributed by atoms with Crippen LogP contribution in [0.5, 0.6) is 0 Å². The Morgan fingerprint density at radius 1 is 1.03 bits per heavy atom. The van der Waals surface area contributed by atoms with E-state index < -0.39 is 23.1 Å². The molecule has 1 atom stereocenters. The van der Waals surface area contributed by atoms with E-state index in [9.17, 15) is 26.0 Å². The van der Waals surface area contributed by atoms with E-state index in [-0.39, 0.29) is 5.82 Å². The molecule has 0 saturated heterocycles. The Hall–Kier alpha value is -3.31. The van der Waals surface area contributed by atoms with E-state index in [4.69, 9.17) is 0 Å². The number of H-pyrrole nitrogens is 1. The monoisotopic (exact) mass is 466 g/mol. The van der Waals surface area contributed by atoms with Crippen LogP contribution in [0.25, 0.3) is 33.5 Å². The maximum atomic E-state index is 14.5. The number of hydrogen-bond acceptors (Lipinski definition) is 4. The highest BCUT2D eigenvalue weighted by molar-refractivity contribution is 7.70. The first-order chi connectivity index (χ1) is 15.1. The van der Waals surface area contributed by atoms with Crippen molar-refractivity contribution in [1.82, 2.24) is 19.7 Å². The maximum absolute atomic E-state index is 14.5. The molecular formula is C21H18F4N4O2S. The quantitative estimate of drug-likeness (QED) is 0.306. The van der Waals surface area contributed by atoms with Crippen LogP contribution in [-0.2, 0) is 10.9 Å². The van der Waals surface area contributed by atoms with Crippen molar-refractivity contribution in [2.75, 3.05) is 0 Å². The van der Waals surface area contributed by atoms with Crippen LogP contribution < -0.4 is 4.72 Å². The summed E-state index contributed by atoms with van der Waals surface area (Å²) in [5.41, 5.74) is 4.24. The minimum Gasteiger partial charge on any atom is -0.345 e. The summed E-state index contributed by atoms with van der Waals surface area (Å²) in [6.45, 7) is 0.727. The number of aromatic nitrogens is 3. The second-order valence-corrected chi connectivity index (χ2v) is 7.45. The van der Waals surface area contributed by atoms with Gasteiger partial charge in [-0.25, -0.2) is 27.5 Å². The standard InChI is InChI=1S/C18H12FN3.C3H6F3NO2S/c19-15-10-13(12-4-2-1-3-5-12)6-7-14(15)17-11-21-18-16(22-17)8-9-20-18;1-2(3(4,5)6)7-10(8)9/h1-11H,(H,20,21);2,10H,1H3,(H,7,8,9). The zero-order valence-electron chi connectivity index (χ0n) is 16.6. The predicted molar refractivity (Wildman–Crippen MR) is 114 cm³/mol. The number of halogens is 4.